The van der Waals surface area contributed by atoms with Crippen molar-refractivity contribution in [3.05, 3.63) is 76.4 Å². The first-order valence-corrected chi connectivity index (χ1v) is 14.1. The van der Waals surface area contributed by atoms with Crippen molar-refractivity contribution < 1.29 is 9.18 Å². The Morgan fingerprint density at radius 2 is 1.78 bits per heavy atom. The van der Waals surface area contributed by atoms with Crippen LogP contribution in [-0.2, 0) is 6.54 Å². The number of nitrogens with zero attached hydrogens (tertiary/aromatic N) is 4. The van der Waals surface area contributed by atoms with E-state index in [1.807, 2.05) is 23.0 Å². The number of aromatic nitrogens is 1. The van der Waals surface area contributed by atoms with Crippen molar-refractivity contribution in [3.8, 4) is 0 Å². The number of halogens is 1. The molecule has 0 atom stereocenters. The summed E-state index contributed by atoms with van der Waals surface area (Å²) in [5, 5.41) is 3.73. The summed E-state index contributed by atoms with van der Waals surface area (Å²) >= 11 is 1.49. The van der Waals surface area contributed by atoms with Crippen LogP contribution in [0.15, 0.2) is 59.4 Å². The van der Waals surface area contributed by atoms with Gasteiger partial charge in [-0.05, 0) is 66.2 Å². The van der Waals surface area contributed by atoms with Crippen LogP contribution in [0.2, 0.25) is 0 Å². The van der Waals surface area contributed by atoms with Crippen molar-refractivity contribution in [2.75, 3.05) is 42.5 Å². The molecule has 2 fully saturated rings. The van der Waals surface area contributed by atoms with Gasteiger partial charge < -0.3 is 9.80 Å². The fourth-order valence-corrected chi connectivity index (χ4v) is 5.99. The van der Waals surface area contributed by atoms with Crippen LogP contribution in [-0.4, -0.2) is 48.5 Å². The molecule has 1 saturated carbocycles. The number of anilines is 2. The average molecular weight is 507 g/mol. The van der Waals surface area contributed by atoms with Crippen LogP contribution in [0.25, 0.3) is 0 Å². The lowest BCUT2D eigenvalue weighted by molar-refractivity contribution is 0.0985. The molecule has 1 aliphatic carbocycles. The normalized spacial score (nSPS) is 17.3. The highest BCUT2D eigenvalue weighted by Crippen LogP contribution is 2.27. The molecule has 0 radical (unpaired) electrons. The Morgan fingerprint density at radius 1 is 1.00 bits per heavy atom. The standard InChI is InChI=1S/C29H35FN4OS/c30-26-7-9-27(10-8-26)34(29(35)25-13-19-36-22-25)21-24-6-11-28(31-20-24)33-17-15-32(16-18-33)14-12-23-4-2-1-3-5-23/h6-11,13,19-20,22-23H,1-5,12,14-18,21H2. The Labute approximate surface area is 217 Å². The van der Waals surface area contributed by atoms with E-state index in [0.29, 0.717) is 17.8 Å². The summed E-state index contributed by atoms with van der Waals surface area (Å²) in [6.07, 6.45) is 10.3. The lowest BCUT2D eigenvalue weighted by Crippen LogP contribution is -2.47. The highest BCUT2D eigenvalue weighted by Gasteiger charge is 2.22. The first-order chi connectivity index (χ1) is 17.7. The maximum atomic E-state index is 13.5. The van der Waals surface area contributed by atoms with Crippen LogP contribution in [0.3, 0.4) is 0 Å². The zero-order valence-electron chi connectivity index (χ0n) is 20.8. The summed E-state index contributed by atoms with van der Waals surface area (Å²) < 4.78 is 13.5. The van der Waals surface area contributed by atoms with Crippen LogP contribution >= 0.6 is 11.3 Å². The van der Waals surface area contributed by atoms with Crippen LogP contribution < -0.4 is 9.80 Å². The summed E-state index contributed by atoms with van der Waals surface area (Å²) in [6.45, 7) is 5.77. The Hall–Kier alpha value is -2.77. The van der Waals surface area contributed by atoms with Gasteiger partial charge in [-0.2, -0.15) is 11.3 Å². The first kappa shape index (κ1) is 24.9. The smallest absolute Gasteiger partial charge is 0.259 e. The molecule has 1 aliphatic heterocycles. The predicted octanol–water partition coefficient (Wildman–Crippen LogP) is 6.22. The highest BCUT2D eigenvalue weighted by molar-refractivity contribution is 7.08. The van der Waals surface area contributed by atoms with Crippen molar-refractivity contribution in [3.63, 3.8) is 0 Å². The van der Waals surface area contributed by atoms with E-state index in [2.05, 4.69) is 21.9 Å². The van der Waals surface area contributed by atoms with Crippen molar-refractivity contribution in [1.29, 1.82) is 0 Å². The number of piperazine rings is 1. The van der Waals surface area contributed by atoms with Crippen LogP contribution in [0, 0.1) is 11.7 Å². The molecular formula is C29H35FN4OS. The Kier molecular flexibility index (Phi) is 8.29. The SMILES string of the molecule is O=C(c1ccsc1)N(Cc1ccc(N2CCN(CCC3CCCCC3)CC2)nc1)c1ccc(F)cc1. The van der Waals surface area contributed by atoms with E-state index >= 15 is 0 Å². The quantitative estimate of drug-likeness (QED) is 0.364. The van der Waals surface area contributed by atoms with Gasteiger partial charge >= 0.3 is 0 Å². The minimum absolute atomic E-state index is 0.101. The third-order valence-electron chi connectivity index (χ3n) is 7.58. The molecule has 3 aromatic rings. The van der Waals surface area contributed by atoms with Gasteiger partial charge in [0.2, 0.25) is 0 Å². The van der Waals surface area contributed by atoms with E-state index in [1.165, 1.54) is 68.5 Å². The number of pyridine rings is 1. The van der Waals surface area contributed by atoms with Gasteiger partial charge in [-0.3, -0.25) is 9.69 Å². The van der Waals surface area contributed by atoms with Gasteiger partial charge in [0.25, 0.3) is 5.91 Å². The third-order valence-corrected chi connectivity index (χ3v) is 8.26. The van der Waals surface area contributed by atoms with Crippen LogP contribution in [0.5, 0.6) is 0 Å². The molecule has 0 unspecified atom stereocenters. The van der Waals surface area contributed by atoms with E-state index < -0.39 is 0 Å². The fourth-order valence-electron chi connectivity index (χ4n) is 5.36. The number of carbonyl (C=O) groups excluding carboxylic acids is 1. The lowest BCUT2D eigenvalue weighted by Gasteiger charge is -2.36. The van der Waals surface area contributed by atoms with Gasteiger partial charge in [0.1, 0.15) is 11.6 Å². The fraction of sp³-hybridized carbons (Fsp3) is 0.448. The summed E-state index contributed by atoms with van der Waals surface area (Å²) in [5.74, 6) is 1.51. The molecule has 5 rings (SSSR count). The van der Waals surface area contributed by atoms with Crippen molar-refractivity contribution in [2.24, 2.45) is 5.92 Å². The molecule has 0 spiro atoms. The van der Waals surface area contributed by atoms with E-state index in [9.17, 15) is 9.18 Å². The van der Waals surface area contributed by atoms with Crippen LogP contribution in [0.4, 0.5) is 15.9 Å². The largest absolute Gasteiger partial charge is 0.354 e. The predicted molar refractivity (Wildman–Crippen MR) is 145 cm³/mol. The van der Waals surface area contributed by atoms with Gasteiger partial charge in [-0.1, -0.05) is 38.2 Å². The molecule has 36 heavy (non-hydrogen) atoms. The van der Waals surface area contributed by atoms with Gasteiger partial charge in [0, 0.05) is 43.4 Å². The van der Waals surface area contributed by atoms with E-state index in [1.54, 1.807) is 17.0 Å². The second kappa shape index (κ2) is 12.0. The van der Waals surface area contributed by atoms with Gasteiger partial charge in [0.15, 0.2) is 0 Å². The second-order valence-corrected chi connectivity index (χ2v) is 10.8. The average Bonchev–Trinajstić information content (AvgIpc) is 3.47. The number of hydrogen-bond donors (Lipinski definition) is 0. The molecule has 1 aromatic carbocycles. The molecule has 0 bridgehead atoms. The number of amides is 1. The monoisotopic (exact) mass is 506 g/mol. The summed E-state index contributed by atoms with van der Waals surface area (Å²) in [5.41, 5.74) is 2.24. The molecule has 3 heterocycles. The molecule has 5 nitrogen and oxygen atoms in total. The number of rotatable bonds is 8. The van der Waals surface area contributed by atoms with Crippen molar-refractivity contribution in [2.45, 2.75) is 45.1 Å². The van der Waals surface area contributed by atoms with E-state index in [-0.39, 0.29) is 11.7 Å². The number of carbonyl (C=O) groups is 1. The number of thiophene rings is 1. The molecule has 7 heteroatoms. The summed E-state index contributed by atoms with van der Waals surface area (Å²) in [6, 6.07) is 12.0. The maximum Gasteiger partial charge on any atom is 0.259 e. The Balaban J connectivity index is 1.18. The number of benzene rings is 1. The molecule has 1 amide bonds. The molecule has 2 aliphatic rings. The maximum absolute atomic E-state index is 13.5. The molecular weight excluding hydrogens is 471 g/mol. The third kappa shape index (κ3) is 6.31. The minimum atomic E-state index is -0.318. The summed E-state index contributed by atoms with van der Waals surface area (Å²) in [7, 11) is 0. The topological polar surface area (TPSA) is 39.7 Å². The molecule has 1 saturated heterocycles. The zero-order valence-corrected chi connectivity index (χ0v) is 21.6. The van der Waals surface area contributed by atoms with Crippen LogP contribution in [0.1, 0.15) is 54.4 Å². The second-order valence-electron chi connectivity index (χ2n) is 10.0. The molecule has 190 valence electrons. The van der Waals surface area contributed by atoms with Gasteiger partial charge in [-0.25, -0.2) is 9.37 Å². The summed E-state index contributed by atoms with van der Waals surface area (Å²) in [4.78, 5) is 24.6. The van der Waals surface area contributed by atoms with Gasteiger partial charge in [0.05, 0.1) is 12.1 Å². The van der Waals surface area contributed by atoms with Crippen molar-refractivity contribution in [1.82, 2.24) is 9.88 Å². The first-order valence-electron chi connectivity index (χ1n) is 13.2. The molecule has 0 N–H and O–H groups in total. The van der Waals surface area contributed by atoms with Gasteiger partial charge in [-0.15, -0.1) is 0 Å². The Morgan fingerprint density at radius 3 is 2.44 bits per heavy atom. The number of hydrogen-bond acceptors (Lipinski definition) is 5. The highest BCUT2D eigenvalue weighted by atomic mass is 32.1. The van der Waals surface area contributed by atoms with E-state index in [4.69, 9.17) is 4.98 Å². The molecule has 2 aromatic heterocycles. The Bertz CT molecular complexity index is 1090. The van der Waals surface area contributed by atoms with E-state index in [0.717, 1.165) is 43.5 Å². The zero-order chi connectivity index (χ0) is 24.7. The van der Waals surface area contributed by atoms with Crippen molar-refractivity contribution >= 4 is 28.7 Å². The lowest BCUT2D eigenvalue weighted by atomic mass is 9.87. The minimum Gasteiger partial charge on any atom is -0.354 e.